The number of piperidine rings is 1. The van der Waals surface area contributed by atoms with Gasteiger partial charge in [-0.15, -0.1) is 0 Å². The summed E-state index contributed by atoms with van der Waals surface area (Å²) < 4.78 is 0. The minimum atomic E-state index is -0.507. The van der Waals surface area contributed by atoms with Crippen molar-refractivity contribution < 1.29 is 14.4 Å². The van der Waals surface area contributed by atoms with E-state index >= 15 is 0 Å². The molecular formula is C16H22N4O3. The monoisotopic (exact) mass is 318 g/mol. The molecule has 0 radical (unpaired) electrons. The van der Waals surface area contributed by atoms with E-state index in [0.29, 0.717) is 30.8 Å². The molecule has 1 aromatic carbocycles. The van der Waals surface area contributed by atoms with Crippen LogP contribution in [0.1, 0.15) is 31.7 Å². The number of amides is 4. The fourth-order valence-electron chi connectivity index (χ4n) is 2.31. The Kier molecular flexibility index (Phi) is 5.56. The van der Waals surface area contributed by atoms with Crippen LogP contribution in [0.2, 0.25) is 0 Å². The molecule has 1 heterocycles. The van der Waals surface area contributed by atoms with Gasteiger partial charge in [-0.3, -0.25) is 9.59 Å². The van der Waals surface area contributed by atoms with E-state index in [0.717, 1.165) is 12.0 Å². The lowest BCUT2D eigenvalue weighted by molar-refractivity contribution is -0.124. The Hall–Kier alpha value is -2.57. The van der Waals surface area contributed by atoms with Crippen LogP contribution in [0.4, 0.5) is 16.2 Å². The van der Waals surface area contributed by atoms with Gasteiger partial charge in [-0.25, -0.2) is 4.79 Å². The Morgan fingerprint density at radius 3 is 2.78 bits per heavy atom. The van der Waals surface area contributed by atoms with E-state index in [1.807, 2.05) is 13.0 Å². The van der Waals surface area contributed by atoms with Gasteiger partial charge in [-0.2, -0.15) is 0 Å². The fourth-order valence-corrected chi connectivity index (χ4v) is 2.31. The van der Waals surface area contributed by atoms with Crippen molar-refractivity contribution in [1.29, 1.82) is 0 Å². The van der Waals surface area contributed by atoms with Crippen LogP contribution in [0.25, 0.3) is 0 Å². The molecule has 0 aromatic heterocycles. The summed E-state index contributed by atoms with van der Waals surface area (Å²) in [6, 6.07) is 4.35. The van der Waals surface area contributed by atoms with Gasteiger partial charge in [0.1, 0.15) is 6.04 Å². The Balaban J connectivity index is 2.00. The molecule has 1 aromatic rings. The van der Waals surface area contributed by atoms with Crippen LogP contribution < -0.4 is 21.3 Å². The van der Waals surface area contributed by atoms with E-state index in [2.05, 4.69) is 21.3 Å². The second kappa shape index (κ2) is 7.62. The molecule has 4 N–H and O–H groups in total. The highest BCUT2D eigenvalue weighted by atomic mass is 16.2. The summed E-state index contributed by atoms with van der Waals surface area (Å²) in [6.45, 7) is 4.27. The summed E-state index contributed by atoms with van der Waals surface area (Å²) in [6.07, 6.45) is 1.85. The summed E-state index contributed by atoms with van der Waals surface area (Å²) in [7, 11) is 0. The topological polar surface area (TPSA) is 99.3 Å². The number of hydrogen-bond donors (Lipinski definition) is 4. The lowest BCUT2D eigenvalue weighted by Crippen LogP contribution is -2.51. The minimum Gasteiger partial charge on any atom is -0.354 e. The highest BCUT2D eigenvalue weighted by molar-refractivity contribution is 5.96. The summed E-state index contributed by atoms with van der Waals surface area (Å²) in [4.78, 5) is 35.2. The molecule has 23 heavy (non-hydrogen) atoms. The second-order valence-electron chi connectivity index (χ2n) is 5.52. The predicted octanol–water partition coefficient (Wildman–Crippen LogP) is 1.74. The van der Waals surface area contributed by atoms with Crippen LogP contribution in [0.3, 0.4) is 0 Å². The Morgan fingerprint density at radius 1 is 1.30 bits per heavy atom. The van der Waals surface area contributed by atoms with Crippen LogP contribution in [-0.2, 0) is 9.59 Å². The van der Waals surface area contributed by atoms with Crippen molar-refractivity contribution in [2.75, 3.05) is 17.2 Å². The highest BCUT2D eigenvalue weighted by Gasteiger charge is 2.23. The number of rotatable bonds is 4. The first-order chi connectivity index (χ1) is 11.0. The van der Waals surface area contributed by atoms with Gasteiger partial charge in [0.05, 0.1) is 0 Å². The third-order valence-corrected chi connectivity index (χ3v) is 3.68. The molecule has 0 aliphatic carbocycles. The first-order valence-electron chi connectivity index (χ1n) is 7.75. The van der Waals surface area contributed by atoms with Gasteiger partial charge in [-0.05, 0) is 37.5 Å². The van der Waals surface area contributed by atoms with Crippen molar-refractivity contribution in [1.82, 2.24) is 10.6 Å². The smallest absolute Gasteiger partial charge is 0.319 e. The number of benzene rings is 1. The van der Waals surface area contributed by atoms with Crippen molar-refractivity contribution >= 4 is 29.2 Å². The van der Waals surface area contributed by atoms with E-state index < -0.39 is 12.1 Å². The molecule has 1 saturated heterocycles. The first kappa shape index (κ1) is 16.8. The largest absolute Gasteiger partial charge is 0.354 e. The van der Waals surface area contributed by atoms with Crippen molar-refractivity contribution in [2.24, 2.45) is 0 Å². The normalized spacial score (nSPS) is 17.1. The molecule has 0 unspecified atom stereocenters. The minimum absolute atomic E-state index is 0.0943. The molecule has 124 valence electrons. The van der Waals surface area contributed by atoms with E-state index in [1.54, 1.807) is 19.1 Å². The molecular weight excluding hydrogens is 296 g/mol. The van der Waals surface area contributed by atoms with Crippen molar-refractivity contribution in [2.45, 2.75) is 39.2 Å². The zero-order valence-corrected chi connectivity index (χ0v) is 13.4. The SMILES string of the molecule is CCC(=O)Nc1ccc(C)c(NC(=O)N[C@@H]2CCCNC2=O)c1. The number of nitrogens with one attached hydrogen (secondary N) is 4. The Bertz CT molecular complexity index is 615. The first-order valence-corrected chi connectivity index (χ1v) is 7.75. The molecule has 1 atom stereocenters. The summed E-state index contributed by atoms with van der Waals surface area (Å²) in [5, 5.41) is 10.9. The maximum absolute atomic E-state index is 12.1. The number of anilines is 2. The lowest BCUT2D eigenvalue weighted by Gasteiger charge is -2.23. The van der Waals surface area contributed by atoms with E-state index in [9.17, 15) is 14.4 Å². The van der Waals surface area contributed by atoms with E-state index in [1.165, 1.54) is 0 Å². The third kappa shape index (κ3) is 4.70. The fraction of sp³-hybridized carbons (Fsp3) is 0.438. The van der Waals surface area contributed by atoms with Gasteiger partial charge in [0.25, 0.3) is 0 Å². The summed E-state index contributed by atoms with van der Waals surface area (Å²) in [5.74, 6) is -0.254. The van der Waals surface area contributed by atoms with Crippen LogP contribution in [0, 0.1) is 6.92 Å². The van der Waals surface area contributed by atoms with E-state index in [4.69, 9.17) is 0 Å². The summed E-state index contributed by atoms with van der Waals surface area (Å²) in [5.41, 5.74) is 2.07. The maximum Gasteiger partial charge on any atom is 0.319 e. The zero-order valence-electron chi connectivity index (χ0n) is 13.4. The molecule has 7 heteroatoms. The number of aryl methyl sites for hydroxylation is 1. The van der Waals surface area contributed by atoms with Crippen molar-refractivity contribution in [3.8, 4) is 0 Å². The number of carbonyl (C=O) groups is 3. The van der Waals surface area contributed by atoms with Gasteiger partial charge in [0, 0.05) is 24.3 Å². The quantitative estimate of drug-likeness (QED) is 0.680. The molecule has 0 spiro atoms. The van der Waals surface area contributed by atoms with Gasteiger partial charge >= 0.3 is 6.03 Å². The maximum atomic E-state index is 12.1. The Morgan fingerprint density at radius 2 is 2.09 bits per heavy atom. The van der Waals surface area contributed by atoms with Crippen LogP contribution in [0.5, 0.6) is 0 Å². The predicted molar refractivity (Wildman–Crippen MR) is 88.3 cm³/mol. The highest BCUT2D eigenvalue weighted by Crippen LogP contribution is 2.20. The molecule has 4 amide bonds. The van der Waals surface area contributed by atoms with Crippen LogP contribution in [0.15, 0.2) is 18.2 Å². The van der Waals surface area contributed by atoms with Crippen molar-refractivity contribution in [3.63, 3.8) is 0 Å². The van der Waals surface area contributed by atoms with Gasteiger partial charge in [0.2, 0.25) is 11.8 Å². The molecule has 7 nitrogen and oxygen atoms in total. The second-order valence-corrected chi connectivity index (χ2v) is 5.52. The van der Waals surface area contributed by atoms with Gasteiger partial charge < -0.3 is 21.3 Å². The Labute approximate surface area is 135 Å². The number of hydrogen-bond acceptors (Lipinski definition) is 3. The average Bonchev–Trinajstić information content (AvgIpc) is 2.52. The molecule has 1 fully saturated rings. The van der Waals surface area contributed by atoms with Gasteiger partial charge in [0.15, 0.2) is 0 Å². The molecule has 1 aliphatic heterocycles. The van der Waals surface area contributed by atoms with E-state index in [-0.39, 0.29) is 11.8 Å². The lowest BCUT2D eigenvalue weighted by atomic mass is 10.1. The standard InChI is InChI=1S/C16H22N4O3/c1-3-14(21)18-11-7-6-10(2)13(9-11)20-16(23)19-12-5-4-8-17-15(12)22/h6-7,9,12H,3-5,8H2,1-2H3,(H,17,22)(H,18,21)(H2,19,20,23)/t12-/m1/s1. The van der Waals surface area contributed by atoms with Crippen LogP contribution in [-0.4, -0.2) is 30.4 Å². The zero-order chi connectivity index (χ0) is 16.8. The van der Waals surface area contributed by atoms with Gasteiger partial charge in [-0.1, -0.05) is 13.0 Å². The number of carbonyl (C=O) groups excluding carboxylic acids is 3. The molecule has 0 saturated carbocycles. The van der Waals surface area contributed by atoms with Crippen LogP contribution >= 0.6 is 0 Å². The molecule has 1 aliphatic rings. The number of urea groups is 1. The molecule has 2 rings (SSSR count). The summed E-state index contributed by atoms with van der Waals surface area (Å²) >= 11 is 0. The van der Waals surface area contributed by atoms with Crippen molar-refractivity contribution in [3.05, 3.63) is 23.8 Å². The third-order valence-electron chi connectivity index (χ3n) is 3.68. The molecule has 0 bridgehead atoms. The average molecular weight is 318 g/mol.